The van der Waals surface area contributed by atoms with Gasteiger partial charge in [0.2, 0.25) is 65.0 Å². The van der Waals surface area contributed by atoms with E-state index in [2.05, 4.69) is 42.5 Å². The van der Waals surface area contributed by atoms with Crippen LogP contribution in [-0.2, 0) is 52.7 Å². The Kier molecular flexibility index (Phi) is 29.3. The van der Waals surface area contributed by atoms with E-state index in [1.54, 1.807) is 48.5 Å². The van der Waals surface area contributed by atoms with Crippen molar-refractivity contribution in [2.75, 3.05) is 40.8 Å². The second kappa shape index (κ2) is 32.7. The molecule has 8 N–H and O–H groups in total. The third-order valence-electron chi connectivity index (χ3n) is 14.0. The molecule has 1 fully saturated rings. The third kappa shape index (κ3) is 21.3. The molecule has 76 heavy (non-hydrogen) atoms. The molecular weight excluding hydrogens is 979 g/mol. The molecule has 1 rings (SSSR count). The quantitative estimate of drug-likeness (QED) is 0.147. The first-order chi connectivity index (χ1) is 35.3. The van der Waals surface area contributed by atoms with Gasteiger partial charge in [0, 0.05) is 60.0 Å². The van der Waals surface area contributed by atoms with Gasteiger partial charge in [-0.3, -0.25) is 52.7 Å². The highest BCUT2D eigenvalue weighted by Gasteiger charge is 2.40. The lowest BCUT2D eigenvalue weighted by Gasteiger charge is -2.35. The number of hydrogen-bond acceptors (Lipinski definition) is 11. The van der Waals surface area contributed by atoms with Crippen molar-refractivity contribution in [1.82, 2.24) is 57.2 Å². The second-order valence-electron chi connectivity index (χ2n) is 22.6. The van der Waals surface area contributed by atoms with Gasteiger partial charge in [-0.05, 0) is 61.2 Å². The summed E-state index contributed by atoms with van der Waals surface area (Å²) in [4.78, 5) is 156. The first-order valence-corrected chi connectivity index (χ1v) is 27.4. The van der Waals surface area contributed by atoms with Crippen LogP contribution in [0.3, 0.4) is 0 Å². The minimum Gasteiger partial charge on any atom is -0.354 e. The number of carbonyl (C=O) groups is 11. The van der Waals surface area contributed by atoms with Crippen molar-refractivity contribution >= 4 is 65.0 Å². The Morgan fingerprint density at radius 3 is 1.14 bits per heavy atom. The molecule has 0 aromatic heterocycles. The normalized spacial score (nSPS) is 26.4. The number of rotatable bonds is 11. The molecule has 0 radical (unpaired) electrons. The zero-order chi connectivity index (χ0) is 58.5. The molecule has 1 saturated heterocycles. The van der Waals surface area contributed by atoms with Gasteiger partial charge in [0.1, 0.15) is 48.3 Å². The Morgan fingerprint density at radius 2 is 0.763 bits per heavy atom. The lowest BCUT2D eigenvalue weighted by molar-refractivity contribution is -0.145. The Hall–Kier alpha value is -5.83. The zero-order valence-electron chi connectivity index (χ0n) is 49.1. The van der Waals surface area contributed by atoms with Crippen molar-refractivity contribution in [3.05, 3.63) is 0 Å². The summed E-state index contributed by atoms with van der Waals surface area (Å²) in [6, 6.07) is -8.42. The number of hydrogen-bond donors (Lipinski definition) is 8. The van der Waals surface area contributed by atoms with Gasteiger partial charge in [0.25, 0.3) is 0 Å². The predicted molar refractivity (Wildman–Crippen MR) is 290 cm³/mol. The van der Waals surface area contributed by atoms with Gasteiger partial charge in [-0.15, -0.1) is 0 Å². The Labute approximate surface area is 453 Å². The number of nitrogens with zero attached hydrogens (tertiary/aromatic N) is 3. The van der Waals surface area contributed by atoms with Crippen molar-refractivity contribution in [1.29, 1.82) is 0 Å². The Balaban J connectivity index is 3.74. The van der Waals surface area contributed by atoms with Crippen LogP contribution < -0.4 is 42.5 Å². The summed E-state index contributed by atoms with van der Waals surface area (Å²) < 4.78 is 0. The SMILES string of the molecule is CC[C@H](C)[C@H]1C(=O)NCCC(=O)N[C@H](C(C)C)C(=O)N(C)[C@@H](C(C)C)C(=O)N[C@@H](C)C(=O)NCCC(=O)N[C@H](CC(C)C)C(=O)N(C)[C@H]([C@@H](C)CC)C(=O)N[C@@H](C(C)C)C(=O)NCCC(=O)N[C@H](CC(C)C)C(=O)N1C. The Bertz CT molecular complexity index is 2000. The molecular formula is C54H97N11O11. The van der Waals surface area contributed by atoms with Gasteiger partial charge in [0.15, 0.2) is 0 Å². The number of nitrogens with one attached hydrogen (secondary N) is 8. The van der Waals surface area contributed by atoms with E-state index in [9.17, 15) is 52.7 Å². The summed E-state index contributed by atoms with van der Waals surface area (Å²) in [5.74, 6) is -8.32. The summed E-state index contributed by atoms with van der Waals surface area (Å²) in [7, 11) is 4.40. The molecule has 434 valence electrons. The lowest BCUT2D eigenvalue weighted by atomic mass is 9.94. The first kappa shape index (κ1) is 68.2. The highest BCUT2D eigenvalue weighted by Crippen LogP contribution is 2.21. The average Bonchev–Trinajstić information content (AvgIpc) is 3.32. The third-order valence-corrected chi connectivity index (χ3v) is 14.0. The average molecular weight is 1080 g/mol. The van der Waals surface area contributed by atoms with Crippen molar-refractivity contribution in [2.24, 2.45) is 41.4 Å². The van der Waals surface area contributed by atoms with Crippen LogP contribution in [0.4, 0.5) is 0 Å². The molecule has 0 saturated carbocycles. The van der Waals surface area contributed by atoms with E-state index in [0.717, 1.165) is 0 Å². The highest BCUT2D eigenvalue weighted by molar-refractivity contribution is 5.97. The molecule has 0 spiro atoms. The van der Waals surface area contributed by atoms with Crippen LogP contribution in [0.1, 0.15) is 149 Å². The maximum atomic E-state index is 14.3. The fraction of sp³-hybridized carbons (Fsp3) is 0.796. The van der Waals surface area contributed by atoms with Gasteiger partial charge in [-0.2, -0.15) is 0 Å². The summed E-state index contributed by atoms with van der Waals surface area (Å²) in [6.45, 7) is 26.3. The van der Waals surface area contributed by atoms with Crippen LogP contribution in [-0.4, -0.2) is 169 Å². The summed E-state index contributed by atoms with van der Waals surface area (Å²) in [5, 5.41) is 22.0. The molecule has 0 bridgehead atoms. The summed E-state index contributed by atoms with van der Waals surface area (Å²) in [6.07, 6.45) is 0.776. The maximum absolute atomic E-state index is 14.3. The number of likely N-dealkylation sites (N-methyl/N-ethyl adjacent to an activating group) is 3. The molecule has 1 aliphatic rings. The lowest BCUT2D eigenvalue weighted by Crippen LogP contribution is -2.60. The molecule has 0 unspecified atom stereocenters. The molecule has 0 aromatic carbocycles. The van der Waals surface area contributed by atoms with Crippen LogP contribution in [0.5, 0.6) is 0 Å². The monoisotopic (exact) mass is 1080 g/mol. The van der Waals surface area contributed by atoms with Gasteiger partial charge in [-0.1, -0.05) is 110 Å². The molecule has 0 aromatic rings. The van der Waals surface area contributed by atoms with Crippen molar-refractivity contribution < 1.29 is 52.7 Å². The summed E-state index contributed by atoms with van der Waals surface area (Å²) >= 11 is 0. The first-order valence-electron chi connectivity index (χ1n) is 27.4. The van der Waals surface area contributed by atoms with Crippen molar-refractivity contribution in [3.8, 4) is 0 Å². The van der Waals surface area contributed by atoms with Crippen LogP contribution in [0.15, 0.2) is 0 Å². The van der Waals surface area contributed by atoms with E-state index in [1.165, 1.54) is 42.8 Å². The van der Waals surface area contributed by atoms with E-state index in [0.29, 0.717) is 12.8 Å². The van der Waals surface area contributed by atoms with Gasteiger partial charge >= 0.3 is 0 Å². The molecule has 11 amide bonds. The summed E-state index contributed by atoms with van der Waals surface area (Å²) in [5.41, 5.74) is 0. The largest absolute Gasteiger partial charge is 0.354 e. The van der Waals surface area contributed by atoms with Gasteiger partial charge < -0.3 is 57.2 Å². The van der Waals surface area contributed by atoms with Crippen LogP contribution >= 0.6 is 0 Å². The maximum Gasteiger partial charge on any atom is 0.245 e. The predicted octanol–water partition coefficient (Wildman–Crippen LogP) is 1.60. The van der Waals surface area contributed by atoms with Gasteiger partial charge in [-0.25, -0.2) is 0 Å². The van der Waals surface area contributed by atoms with Crippen molar-refractivity contribution in [2.45, 2.75) is 197 Å². The minimum absolute atomic E-state index is 0.0535. The molecule has 1 aliphatic heterocycles. The van der Waals surface area contributed by atoms with E-state index >= 15 is 0 Å². The standard InChI is InChI=1S/C54H97N11O11/c1-19-34(13)45-49(71)57-26-23-41(68)61-43(32(9)10)54(76)63(16)44(33(11)12)50(72)58-36(15)47(69)55-24-21-39(66)60-38(28-30(5)6)53(75)65(18)46(35(14)20-2)51(73)62-42(31(7)8)48(70)56-25-22-40(67)59-37(27-29(3)4)52(74)64(45)17/h29-38,42-46H,19-28H2,1-18H3,(H,55,69)(H,56,70)(H,57,71)(H,58,72)(H,59,67)(H,60,66)(H,61,68)(H,62,73)/t34-,35-,36-,37+,38+,42-,43+,44-,45-,46+/m0/s1. The molecule has 10 atom stereocenters. The van der Waals surface area contributed by atoms with E-state index < -0.39 is 131 Å². The Morgan fingerprint density at radius 1 is 0.408 bits per heavy atom. The number of carbonyl (C=O) groups excluding carboxylic acids is 11. The molecule has 22 nitrogen and oxygen atoms in total. The fourth-order valence-corrected chi connectivity index (χ4v) is 9.21. The molecule has 0 aliphatic carbocycles. The number of amides is 11. The van der Waals surface area contributed by atoms with Crippen LogP contribution in [0.2, 0.25) is 0 Å². The van der Waals surface area contributed by atoms with Gasteiger partial charge in [0.05, 0.1) is 0 Å². The van der Waals surface area contributed by atoms with Crippen molar-refractivity contribution in [3.63, 3.8) is 0 Å². The molecule has 22 heteroatoms. The zero-order valence-corrected chi connectivity index (χ0v) is 49.1. The highest BCUT2D eigenvalue weighted by atomic mass is 16.2. The molecule has 1 heterocycles. The van der Waals surface area contributed by atoms with Crippen LogP contribution in [0, 0.1) is 41.4 Å². The fourth-order valence-electron chi connectivity index (χ4n) is 9.21. The van der Waals surface area contributed by atoms with E-state index in [4.69, 9.17) is 0 Å². The minimum atomic E-state index is -1.10. The second-order valence-corrected chi connectivity index (χ2v) is 22.6. The van der Waals surface area contributed by atoms with E-state index in [1.807, 2.05) is 48.5 Å². The van der Waals surface area contributed by atoms with E-state index in [-0.39, 0.29) is 75.4 Å². The topological polar surface area (TPSA) is 294 Å². The smallest absolute Gasteiger partial charge is 0.245 e. The van der Waals surface area contributed by atoms with Crippen LogP contribution in [0.25, 0.3) is 0 Å².